The fraction of sp³-hybridized carbons (Fsp3) is 0.390. The van der Waals surface area contributed by atoms with Crippen molar-refractivity contribution >= 4 is 52.5 Å². The zero-order chi connectivity index (χ0) is 38.6. The number of hydrazine groups is 1. The number of hydrogen-bond acceptors (Lipinski definition) is 11. The van der Waals surface area contributed by atoms with Crippen LogP contribution in [-0.2, 0) is 14.4 Å². The van der Waals surface area contributed by atoms with E-state index in [-0.39, 0.29) is 53.8 Å². The number of rotatable bonds is 6. The second kappa shape index (κ2) is 16.2. The number of carbonyl (C=O) groups excluding carboxylic acids is 3. The van der Waals surface area contributed by atoms with Gasteiger partial charge in [0.1, 0.15) is 35.8 Å². The van der Waals surface area contributed by atoms with Crippen molar-refractivity contribution in [2.75, 3.05) is 43.1 Å². The van der Waals surface area contributed by atoms with Crippen LogP contribution in [0.4, 0.5) is 11.4 Å². The van der Waals surface area contributed by atoms with Gasteiger partial charge >= 0.3 is 0 Å². The van der Waals surface area contributed by atoms with Crippen LogP contribution in [0.1, 0.15) is 75.1 Å². The fourth-order valence-electron chi connectivity index (χ4n) is 8.32. The molecule has 3 aromatic rings. The van der Waals surface area contributed by atoms with Crippen LogP contribution in [0.25, 0.3) is 11.8 Å². The Hall–Kier alpha value is -5.89. The average molecular weight is 748 g/mol. The maximum Gasteiger partial charge on any atom is 0.249 e. The quantitative estimate of drug-likeness (QED) is 0.117. The Labute approximate surface area is 320 Å². The largest absolute Gasteiger partial charge is 0.507 e. The monoisotopic (exact) mass is 747 g/mol. The molecule has 2 aromatic carbocycles. The SMILES string of the molecule is CC.N=C(/C=C\C(=N)n1ccc2c1C=C(c1ccccc1O)NN2)N1CCN(C2CCC(c3cccc4c3OCCN4C3CCC(=O)NC3=O)CC2)CC1=O. The molecule has 3 amide bonds. The minimum Gasteiger partial charge on any atom is -0.507 e. The number of piperidine rings is 1. The topological polar surface area (TPSA) is 179 Å². The average Bonchev–Trinajstić information content (AvgIpc) is 3.64. The Morgan fingerprint density at radius 3 is 2.44 bits per heavy atom. The number of aromatic nitrogens is 1. The normalized spacial score (nSPS) is 22.5. The molecule has 1 aliphatic carbocycles. The number of aromatic hydroxyl groups is 1. The van der Waals surface area contributed by atoms with E-state index in [1.165, 1.54) is 17.1 Å². The molecule has 1 aromatic heterocycles. The van der Waals surface area contributed by atoms with Gasteiger partial charge in [0, 0.05) is 37.3 Å². The van der Waals surface area contributed by atoms with Crippen molar-refractivity contribution in [3.05, 3.63) is 83.7 Å². The maximum absolute atomic E-state index is 13.3. The minimum atomic E-state index is -0.385. The zero-order valence-electron chi connectivity index (χ0n) is 31.3. The Bertz CT molecular complexity index is 2050. The molecular formula is C41H49N9O5. The van der Waals surface area contributed by atoms with Gasteiger partial charge in [0.05, 0.1) is 35.9 Å². The van der Waals surface area contributed by atoms with E-state index in [2.05, 4.69) is 32.0 Å². The highest BCUT2D eigenvalue weighted by Gasteiger charge is 2.37. The number of hydrogen-bond donors (Lipinski definition) is 6. The first-order chi connectivity index (χ1) is 26.7. The Morgan fingerprint density at radius 2 is 1.67 bits per heavy atom. The van der Waals surface area contributed by atoms with Crippen LogP contribution in [0.5, 0.6) is 11.5 Å². The summed E-state index contributed by atoms with van der Waals surface area (Å²) in [4.78, 5) is 43.6. The summed E-state index contributed by atoms with van der Waals surface area (Å²) < 4.78 is 7.90. The number of imide groups is 1. The number of amidine groups is 1. The molecule has 0 spiro atoms. The molecule has 14 nitrogen and oxygen atoms in total. The number of nitrogens with one attached hydrogen (secondary N) is 5. The van der Waals surface area contributed by atoms with Crippen molar-refractivity contribution in [2.24, 2.45) is 0 Å². The number of fused-ring (bicyclic) bond motifs is 2. The highest BCUT2D eigenvalue weighted by Crippen LogP contribution is 2.45. The van der Waals surface area contributed by atoms with Crippen LogP contribution in [0.2, 0.25) is 0 Å². The van der Waals surface area contributed by atoms with Crippen LogP contribution in [0, 0.1) is 10.8 Å². The Balaban J connectivity index is 0.00000229. The number of para-hydroxylation sites is 2. The molecular weight excluding hydrogens is 699 g/mol. The van der Waals surface area contributed by atoms with E-state index in [0.717, 1.165) is 54.1 Å². The summed E-state index contributed by atoms with van der Waals surface area (Å²) in [7, 11) is 0. The van der Waals surface area contributed by atoms with Crippen LogP contribution in [0.3, 0.4) is 0 Å². The van der Waals surface area contributed by atoms with Crippen molar-refractivity contribution in [3.8, 4) is 11.5 Å². The highest BCUT2D eigenvalue weighted by atomic mass is 16.5. The van der Waals surface area contributed by atoms with E-state index >= 15 is 0 Å². The first-order valence-corrected chi connectivity index (χ1v) is 19.2. The molecule has 55 heavy (non-hydrogen) atoms. The lowest BCUT2D eigenvalue weighted by molar-refractivity contribution is -0.134. The standard InChI is InChI=1S/C39H43N9O5.C2H6/c40-34(47-17-16-28-32(47)22-29(44-43-28)27-4-1-2-7-33(27)49)13-14-35(41)48-19-18-45(23-37(48)51)25-10-8-24(9-11-25)26-5-3-6-30-38(26)53-21-20-46(30)31-12-15-36(50)42-39(31)52;1-2/h1-7,13-14,16-17,22,24-25,31,40-41,43-44,49H,8-12,15,18-21,23H2,(H,42,50,52);1-2H3/b14-13-,40-34?,41-35?;. The molecule has 1 atom stereocenters. The second-order valence-corrected chi connectivity index (χ2v) is 14.1. The van der Waals surface area contributed by atoms with Crippen LogP contribution in [0.15, 0.2) is 66.9 Å². The van der Waals surface area contributed by atoms with Crippen molar-refractivity contribution in [1.82, 2.24) is 25.1 Å². The first kappa shape index (κ1) is 37.4. The van der Waals surface area contributed by atoms with Gasteiger partial charge in [0.15, 0.2) is 0 Å². The number of carbonyl (C=O) groups is 3. The van der Waals surface area contributed by atoms with E-state index in [4.69, 9.17) is 15.6 Å². The molecule has 4 aliphatic heterocycles. The lowest BCUT2D eigenvalue weighted by atomic mass is 9.80. The summed E-state index contributed by atoms with van der Waals surface area (Å²) in [5.74, 6) is 0.875. The molecule has 0 bridgehead atoms. The first-order valence-electron chi connectivity index (χ1n) is 19.2. The summed E-state index contributed by atoms with van der Waals surface area (Å²) in [5, 5.41) is 30.2. The van der Waals surface area contributed by atoms with Crippen LogP contribution in [-0.4, -0.2) is 93.7 Å². The molecule has 14 heteroatoms. The van der Waals surface area contributed by atoms with Gasteiger partial charge in [-0.05, 0) is 86.1 Å². The molecule has 3 fully saturated rings. The van der Waals surface area contributed by atoms with Gasteiger partial charge in [-0.3, -0.25) is 45.7 Å². The number of benzene rings is 2. The number of anilines is 2. The summed E-state index contributed by atoms with van der Waals surface area (Å²) in [6.07, 6.45) is 11.3. The number of piperazine rings is 1. The van der Waals surface area contributed by atoms with E-state index in [1.54, 1.807) is 29.0 Å². The van der Waals surface area contributed by atoms with E-state index < -0.39 is 0 Å². The summed E-state index contributed by atoms with van der Waals surface area (Å²) in [6, 6.07) is 14.9. The molecule has 8 rings (SSSR count). The number of phenolic OH excluding ortho intramolecular Hbond substituents is 1. The molecule has 1 unspecified atom stereocenters. The third-order valence-corrected chi connectivity index (χ3v) is 11.1. The fourth-order valence-corrected chi connectivity index (χ4v) is 8.32. The van der Waals surface area contributed by atoms with Gasteiger partial charge in [-0.25, -0.2) is 0 Å². The third-order valence-electron chi connectivity index (χ3n) is 11.1. The second-order valence-electron chi connectivity index (χ2n) is 14.1. The number of amides is 3. The summed E-state index contributed by atoms with van der Waals surface area (Å²) in [5.41, 5.74) is 11.0. The van der Waals surface area contributed by atoms with Gasteiger partial charge in [0.25, 0.3) is 0 Å². The third kappa shape index (κ3) is 7.59. The number of allylic oxidation sites excluding steroid dienone is 1. The molecule has 6 N–H and O–H groups in total. The summed E-state index contributed by atoms with van der Waals surface area (Å²) >= 11 is 0. The van der Waals surface area contributed by atoms with E-state index in [9.17, 15) is 19.5 Å². The van der Waals surface area contributed by atoms with Crippen molar-refractivity contribution in [2.45, 2.75) is 70.4 Å². The molecule has 1 saturated carbocycles. The van der Waals surface area contributed by atoms with E-state index in [1.807, 2.05) is 44.2 Å². The lowest BCUT2D eigenvalue weighted by Gasteiger charge is -2.42. The predicted octanol–water partition coefficient (Wildman–Crippen LogP) is 4.88. The zero-order valence-corrected chi connectivity index (χ0v) is 31.3. The highest BCUT2D eigenvalue weighted by molar-refractivity contribution is 6.07. The number of ether oxygens (including phenoxy) is 1. The van der Waals surface area contributed by atoms with Gasteiger partial charge in [-0.2, -0.15) is 0 Å². The summed E-state index contributed by atoms with van der Waals surface area (Å²) in [6.45, 7) is 6.40. The van der Waals surface area contributed by atoms with Crippen LogP contribution < -0.4 is 25.8 Å². The maximum atomic E-state index is 13.3. The Morgan fingerprint density at radius 1 is 0.891 bits per heavy atom. The molecule has 2 saturated heterocycles. The van der Waals surface area contributed by atoms with Gasteiger partial charge < -0.3 is 24.7 Å². The van der Waals surface area contributed by atoms with Crippen molar-refractivity contribution in [1.29, 1.82) is 10.8 Å². The van der Waals surface area contributed by atoms with Crippen LogP contribution >= 0.6 is 0 Å². The van der Waals surface area contributed by atoms with Gasteiger partial charge in [-0.1, -0.05) is 38.1 Å². The number of nitrogens with zero attached hydrogens (tertiary/aromatic N) is 4. The van der Waals surface area contributed by atoms with E-state index in [0.29, 0.717) is 56.3 Å². The smallest absolute Gasteiger partial charge is 0.249 e. The van der Waals surface area contributed by atoms with Gasteiger partial charge in [0.2, 0.25) is 17.7 Å². The molecule has 288 valence electrons. The minimum absolute atomic E-state index is 0.0505. The lowest BCUT2D eigenvalue weighted by Crippen LogP contribution is -2.55. The molecule has 0 radical (unpaired) electrons. The number of phenols is 1. The Kier molecular flexibility index (Phi) is 11.0. The van der Waals surface area contributed by atoms with Crippen molar-refractivity contribution < 1.29 is 24.2 Å². The van der Waals surface area contributed by atoms with Gasteiger partial charge in [-0.15, -0.1) is 0 Å². The predicted molar refractivity (Wildman–Crippen MR) is 212 cm³/mol. The molecule has 5 aliphatic rings. The molecule has 5 heterocycles. The van der Waals surface area contributed by atoms with Crippen molar-refractivity contribution in [3.63, 3.8) is 0 Å².